The van der Waals surface area contributed by atoms with Gasteiger partial charge in [0.1, 0.15) is 5.82 Å². The van der Waals surface area contributed by atoms with Crippen molar-refractivity contribution in [3.8, 4) is 0 Å². The van der Waals surface area contributed by atoms with Gasteiger partial charge >= 0.3 is 0 Å². The van der Waals surface area contributed by atoms with Gasteiger partial charge < -0.3 is 10.3 Å². The molecule has 1 heterocycles. The van der Waals surface area contributed by atoms with Gasteiger partial charge in [-0.05, 0) is 12.8 Å². The van der Waals surface area contributed by atoms with Gasteiger partial charge in [-0.25, -0.2) is 4.98 Å². The van der Waals surface area contributed by atoms with Crippen LogP contribution in [-0.4, -0.2) is 15.6 Å². The standard InChI is InChI=1S/C37H73N3.ClH/c1-3-5-7-9-11-13-15-17-19-21-23-25-27-29-31-36(38)35-40-34-33-39-37(40)32-30-28-26-24-22-20-18-16-14-12-10-8-6-4-2;/h33-34,36H,3-32,35,38H2,1-2H3;1H. The van der Waals surface area contributed by atoms with Crippen LogP contribution in [0.4, 0.5) is 0 Å². The van der Waals surface area contributed by atoms with Crippen LogP contribution < -0.4 is 5.73 Å². The van der Waals surface area contributed by atoms with Gasteiger partial charge in [0.25, 0.3) is 0 Å². The molecule has 0 fully saturated rings. The molecule has 41 heavy (non-hydrogen) atoms. The van der Waals surface area contributed by atoms with Gasteiger partial charge in [0.2, 0.25) is 0 Å². The second-order valence-corrected chi connectivity index (χ2v) is 13.0. The molecule has 1 aromatic rings. The van der Waals surface area contributed by atoms with E-state index in [0.29, 0.717) is 0 Å². The Morgan fingerprint density at radius 2 is 0.878 bits per heavy atom. The summed E-state index contributed by atoms with van der Waals surface area (Å²) in [6.07, 6.45) is 46.0. The Morgan fingerprint density at radius 1 is 0.537 bits per heavy atom. The molecule has 3 nitrogen and oxygen atoms in total. The Morgan fingerprint density at radius 3 is 1.27 bits per heavy atom. The van der Waals surface area contributed by atoms with E-state index in [-0.39, 0.29) is 18.4 Å². The van der Waals surface area contributed by atoms with E-state index in [0.717, 1.165) is 19.4 Å². The first kappa shape index (κ1) is 40.5. The van der Waals surface area contributed by atoms with Gasteiger partial charge in [-0.3, -0.25) is 0 Å². The van der Waals surface area contributed by atoms with Crippen molar-refractivity contribution in [2.75, 3.05) is 0 Å². The zero-order valence-electron chi connectivity index (χ0n) is 28.0. The van der Waals surface area contributed by atoms with E-state index in [4.69, 9.17) is 5.73 Å². The zero-order valence-corrected chi connectivity index (χ0v) is 28.8. The van der Waals surface area contributed by atoms with E-state index < -0.39 is 0 Å². The summed E-state index contributed by atoms with van der Waals surface area (Å²) in [4.78, 5) is 4.65. The van der Waals surface area contributed by atoms with Crippen molar-refractivity contribution in [1.82, 2.24) is 9.55 Å². The molecule has 0 saturated heterocycles. The summed E-state index contributed by atoms with van der Waals surface area (Å²) in [5.41, 5.74) is 6.51. The van der Waals surface area contributed by atoms with E-state index in [1.807, 2.05) is 6.20 Å². The summed E-state index contributed by atoms with van der Waals surface area (Å²) in [5, 5.41) is 0. The van der Waals surface area contributed by atoms with Crippen molar-refractivity contribution in [1.29, 1.82) is 0 Å². The molecule has 0 aliphatic rings. The van der Waals surface area contributed by atoms with Gasteiger partial charge in [0.15, 0.2) is 0 Å². The molecule has 0 radical (unpaired) electrons. The highest BCUT2D eigenvalue weighted by Gasteiger charge is 2.08. The second-order valence-electron chi connectivity index (χ2n) is 13.0. The predicted molar refractivity (Wildman–Crippen MR) is 186 cm³/mol. The monoisotopic (exact) mass is 596 g/mol. The zero-order chi connectivity index (χ0) is 28.8. The fourth-order valence-corrected chi connectivity index (χ4v) is 6.16. The van der Waals surface area contributed by atoms with Crippen molar-refractivity contribution in [2.24, 2.45) is 5.73 Å². The maximum atomic E-state index is 6.51. The Balaban J connectivity index is 0.0000160. The van der Waals surface area contributed by atoms with E-state index in [9.17, 15) is 0 Å². The Kier molecular flexibility index (Phi) is 31.9. The molecular weight excluding hydrogens is 522 g/mol. The van der Waals surface area contributed by atoms with Crippen LogP contribution in [0.5, 0.6) is 0 Å². The average Bonchev–Trinajstić information content (AvgIpc) is 3.39. The number of nitrogens with zero attached hydrogens (tertiary/aromatic N) is 2. The molecule has 244 valence electrons. The van der Waals surface area contributed by atoms with Crippen LogP contribution in [0.3, 0.4) is 0 Å². The topological polar surface area (TPSA) is 43.8 Å². The Hall–Kier alpha value is -0.540. The summed E-state index contributed by atoms with van der Waals surface area (Å²) in [5.74, 6) is 1.25. The quantitative estimate of drug-likeness (QED) is 0.0841. The molecule has 0 amide bonds. The smallest absolute Gasteiger partial charge is 0.108 e. The number of unbranched alkanes of at least 4 members (excludes halogenated alkanes) is 26. The lowest BCUT2D eigenvalue weighted by molar-refractivity contribution is 0.469. The number of aromatic nitrogens is 2. The molecule has 1 unspecified atom stereocenters. The summed E-state index contributed by atoms with van der Waals surface area (Å²) in [6.45, 7) is 5.53. The molecule has 0 bridgehead atoms. The van der Waals surface area contributed by atoms with Crippen molar-refractivity contribution in [3.63, 3.8) is 0 Å². The van der Waals surface area contributed by atoms with E-state index in [1.165, 1.54) is 186 Å². The molecule has 1 rings (SSSR count). The summed E-state index contributed by atoms with van der Waals surface area (Å²) >= 11 is 0. The predicted octanol–water partition coefficient (Wildman–Crippen LogP) is 12.5. The van der Waals surface area contributed by atoms with Crippen molar-refractivity contribution < 1.29 is 0 Å². The molecule has 1 atom stereocenters. The highest BCUT2D eigenvalue weighted by Crippen LogP contribution is 2.16. The fraction of sp³-hybridized carbons (Fsp3) is 0.919. The average molecular weight is 596 g/mol. The van der Waals surface area contributed by atoms with Crippen LogP contribution in [-0.2, 0) is 13.0 Å². The first-order chi connectivity index (χ1) is 19.8. The largest absolute Gasteiger partial charge is 0.333 e. The number of rotatable bonds is 32. The minimum Gasteiger partial charge on any atom is -0.333 e. The normalized spacial score (nSPS) is 12.1. The van der Waals surface area contributed by atoms with Crippen LogP contribution in [0, 0.1) is 0 Å². The SMILES string of the molecule is CCCCCCCCCCCCCCCCc1nccn1CC(N)CCCCCCCCCCCCCCCC.Cl. The maximum Gasteiger partial charge on any atom is 0.108 e. The van der Waals surface area contributed by atoms with Gasteiger partial charge in [-0.1, -0.05) is 187 Å². The summed E-state index contributed by atoms with van der Waals surface area (Å²) in [7, 11) is 0. The van der Waals surface area contributed by atoms with E-state index in [1.54, 1.807) is 0 Å². The minimum atomic E-state index is 0. The lowest BCUT2D eigenvalue weighted by atomic mass is 10.0. The van der Waals surface area contributed by atoms with Crippen LogP contribution in [0.25, 0.3) is 0 Å². The Labute approximate surface area is 264 Å². The van der Waals surface area contributed by atoms with Crippen LogP contribution >= 0.6 is 12.4 Å². The number of hydrogen-bond donors (Lipinski definition) is 1. The molecular formula is C37H74ClN3. The highest BCUT2D eigenvalue weighted by atomic mass is 35.5. The van der Waals surface area contributed by atoms with Crippen LogP contribution in [0.15, 0.2) is 12.4 Å². The highest BCUT2D eigenvalue weighted by molar-refractivity contribution is 5.85. The summed E-state index contributed by atoms with van der Waals surface area (Å²) in [6, 6.07) is 0.265. The first-order valence-corrected chi connectivity index (χ1v) is 18.5. The first-order valence-electron chi connectivity index (χ1n) is 18.5. The third kappa shape index (κ3) is 26.8. The number of hydrogen-bond acceptors (Lipinski definition) is 2. The third-order valence-electron chi connectivity index (χ3n) is 8.92. The Bertz CT molecular complexity index is 617. The maximum absolute atomic E-state index is 6.51. The number of nitrogens with two attached hydrogens (primary N) is 1. The second kappa shape index (κ2) is 32.4. The molecule has 0 aliphatic carbocycles. The van der Waals surface area contributed by atoms with Crippen LogP contribution in [0.2, 0.25) is 0 Å². The van der Waals surface area contributed by atoms with Gasteiger partial charge in [-0.2, -0.15) is 0 Å². The summed E-state index contributed by atoms with van der Waals surface area (Å²) < 4.78 is 2.33. The van der Waals surface area contributed by atoms with Crippen molar-refractivity contribution >= 4 is 12.4 Å². The van der Waals surface area contributed by atoms with Crippen molar-refractivity contribution in [2.45, 2.75) is 219 Å². The molecule has 0 spiro atoms. The van der Waals surface area contributed by atoms with Gasteiger partial charge in [0.05, 0.1) is 0 Å². The fourth-order valence-electron chi connectivity index (χ4n) is 6.16. The minimum absolute atomic E-state index is 0. The van der Waals surface area contributed by atoms with E-state index >= 15 is 0 Å². The van der Waals surface area contributed by atoms with Crippen LogP contribution in [0.1, 0.15) is 206 Å². The number of imidazole rings is 1. The number of aryl methyl sites for hydroxylation is 1. The molecule has 0 aliphatic heterocycles. The molecule has 0 saturated carbocycles. The van der Waals surface area contributed by atoms with Gasteiger partial charge in [0, 0.05) is 31.4 Å². The lowest BCUT2D eigenvalue weighted by Gasteiger charge is -2.14. The molecule has 2 N–H and O–H groups in total. The molecule has 1 aromatic heterocycles. The number of halogens is 1. The lowest BCUT2D eigenvalue weighted by Crippen LogP contribution is -2.26. The molecule has 4 heteroatoms. The van der Waals surface area contributed by atoms with E-state index in [2.05, 4.69) is 29.6 Å². The molecule has 0 aromatic carbocycles. The third-order valence-corrected chi connectivity index (χ3v) is 8.92. The van der Waals surface area contributed by atoms with Gasteiger partial charge in [-0.15, -0.1) is 12.4 Å². The van der Waals surface area contributed by atoms with Crippen molar-refractivity contribution in [3.05, 3.63) is 18.2 Å².